The SMILES string of the molecule is C[C@@H](O[Si](C)(C)C(C)(C)C)[C@H]1C(=O)N[C@@H]1[C@@H](C)C(=O)Oc1ccc([N+](=O)[O-])cc1[N+](=O)[O-]. The van der Waals surface area contributed by atoms with E-state index >= 15 is 0 Å². The fourth-order valence-electron chi connectivity index (χ4n) is 3.27. The van der Waals surface area contributed by atoms with Gasteiger partial charge in [0.05, 0.1) is 39.9 Å². The van der Waals surface area contributed by atoms with Gasteiger partial charge in [0.15, 0.2) is 8.32 Å². The second-order valence-electron chi connectivity index (χ2n) is 9.52. The van der Waals surface area contributed by atoms with E-state index in [-0.39, 0.29) is 10.9 Å². The van der Waals surface area contributed by atoms with E-state index in [2.05, 4.69) is 39.2 Å². The standard InChI is InChI=1S/C20H29N3O8Si/c1-11(17-16(18(24)21-17)12(2)31-32(6,7)20(3,4)5)19(25)30-15-9-8-13(22(26)27)10-14(15)23(28)29/h8-12,16-17H,1-7H3,(H,21,24)/t11-,12-,16-,17-/m1/s1. The third-order valence-corrected chi connectivity index (χ3v) is 10.8. The quantitative estimate of drug-likeness (QED) is 0.152. The van der Waals surface area contributed by atoms with Gasteiger partial charge in [-0.05, 0) is 38.0 Å². The van der Waals surface area contributed by atoms with Gasteiger partial charge in [-0.1, -0.05) is 20.8 Å². The predicted molar refractivity (Wildman–Crippen MR) is 118 cm³/mol. The maximum Gasteiger partial charge on any atom is 0.318 e. The van der Waals surface area contributed by atoms with E-state index in [1.54, 1.807) is 13.8 Å². The van der Waals surface area contributed by atoms with Crippen molar-refractivity contribution in [2.24, 2.45) is 11.8 Å². The highest BCUT2D eigenvalue weighted by atomic mass is 28.4. The largest absolute Gasteiger partial charge is 0.419 e. The summed E-state index contributed by atoms with van der Waals surface area (Å²) in [5.74, 6) is -2.82. The average Bonchev–Trinajstić information content (AvgIpc) is 2.63. The zero-order valence-electron chi connectivity index (χ0n) is 19.2. The molecule has 1 aromatic rings. The van der Waals surface area contributed by atoms with Crippen LogP contribution in [0.1, 0.15) is 34.6 Å². The molecule has 1 aliphatic rings. The summed E-state index contributed by atoms with van der Waals surface area (Å²) >= 11 is 0. The number of nitrogens with zero attached hydrogens (tertiary/aromatic N) is 2. The van der Waals surface area contributed by atoms with E-state index < -0.39 is 65.2 Å². The molecule has 4 atom stereocenters. The van der Waals surface area contributed by atoms with Gasteiger partial charge >= 0.3 is 11.7 Å². The smallest absolute Gasteiger partial charge is 0.318 e. The van der Waals surface area contributed by atoms with E-state index in [1.165, 1.54) is 0 Å². The van der Waals surface area contributed by atoms with Crippen molar-refractivity contribution in [2.75, 3.05) is 0 Å². The van der Waals surface area contributed by atoms with E-state index in [9.17, 15) is 29.8 Å². The zero-order valence-corrected chi connectivity index (χ0v) is 20.2. The summed E-state index contributed by atoms with van der Waals surface area (Å²) in [5.41, 5.74) is -1.18. The number of hydrogen-bond donors (Lipinski definition) is 1. The van der Waals surface area contributed by atoms with Gasteiger partial charge in [-0.25, -0.2) is 0 Å². The molecule has 0 aliphatic carbocycles. The lowest BCUT2D eigenvalue weighted by Crippen LogP contribution is -2.67. The Morgan fingerprint density at radius 3 is 2.22 bits per heavy atom. The lowest BCUT2D eigenvalue weighted by molar-refractivity contribution is -0.394. The van der Waals surface area contributed by atoms with Crippen LogP contribution in [0.25, 0.3) is 0 Å². The maximum absolute atomic E-state index is 12.7. The first-order valence-electron chi connectivity index (χ1n) is 10.2. The number of carbonyl (C=O) groups excluding carboxylic acids is 2. The number of nitro groups is 2. The normalized spacial score (nSPS) is 20.5. The molecule has 0 saturated carbocycles. The Hall–Kier alpha value is -2.86. The molecule has 12 heteroatoms. The number of β-lactam (4-membered cyclic amide) rings is 1. The van der Waals surface area contributed by atoms with Gasteiger partial charge in [-0.15, -0.1) is 0 Å². The topological polar surface area (TPSA) is 151 Å². The molecule has 0 spiro atoms. The highest BCUT2D eigenvalue weighted by molar-refractivity contribution is 6.74. The van der Waals surface area contributed by atoms with Crippen molar-refractivity contribution >= 4 is 31.6 Å². The number of carbonyl (C=O) groups is 2. The maximum atomic E-state index is 12.7. The first-order valence-corrected chi connectivity index (χ1v) is 13.1. The highest BCUT2D eigenvalue weighted by Gasteiger charge is 2.51. The van der Waals surface area contributed by atoms with Gasteiger partial charge in [-0.3, -0.25) is 29.8 Å². The number of nitrogens with one attached hydrogen (secondary N) is 1. The molecule has 1 heterocycles. The Bertz CT molecular complexity index is 943. The lowest BCUT2D eigenvalue weighted by atomic mass is 9.79. The van der Waals surface area contributed by atoms with Crippen LogP contribution in [0.3, 0.4) is 0 Å². The van der Waals surface area contributed by atoms with Crippen LogP contribution < -0.4 is 10.1 Å². The minimum atomic E-state index is -2.16. The van der Waals surface area contributed by atoms with Crippen molar-refractivity contribution in [3.63, 3.8) is 0 Å². The molecule has 0 radical (unpaired) electrons. The fraction of sp³-hybridized carbons (Fsp3) is 0.600. The van der Waals surface area contributed by atoms with Crippen LogP contribution >= 0.6 is 0 Å². The molecular weight excluding hydrogens is 438 g/mol. The highest BCUT2D eigenvalue weighted by Crippen LogP contribution is 2.40. The zero-order chi connectivity index (χ0) is 24.6. The second-order valence-corrected chi connectivity index (χ2v) is 14.3. The summed E-state index contributed by atoms with van der Waals surface area (Å²) in [6.07, 6.45) is -0.432. The summed E-state index contributed by atoms with van der Waals surface area (Å²) < 4.78 is 11.5. The summed E-state index contributed by atoms with van der Waals surface area (Å²) in [7, 11) is -2.16. The Balaban J connectivity index is 2.16. The average molecular weight is 468 g/mol. The molecule has 1 saturated heterocycles. The molecule has 1 fully saturated rings. The van der Waals surface area contributed by atoms with E-state index in [1.807, 2.05) is 0 Å². The number of non-ortho nitro benzene ring substituents is 1. The summed E-state index contributed by atoms with van der Waals surface area (Å²) in [6, 6.07) is 2.20. The number of esters is 1. The molecule has 2 rings (SSSR count). The van der Waals surface area contributed by atoms with Gasteiger partial charge in [-0.2, -0.15) is 0 Å². The van der Waals surface area contributed by atoms with Crippen molar-refractivity contribution in [2.45, 2.75) is 64.9 Å². The third kappa shape index (κ3) is 5.13. The molecule has 1 aliphatic heterocycles. The molecule has 1 aromatic carbocycles. The van der Waals surface area contributed by atoms with Crippen LogP contribution in [-0.4, -0.2) is 42.2 Å². The molecule has 11 nitrogen and oxygen atoms in total. The molecule has 32 heavy (non-hydrogen) atoms. The van der Waals surface area contributed by atoms with Crippen molar-refractivity contribution in [1.82, 2.24) is 5.32 Å². The summed E-state index contributed by atoms with van der Waals surface area (Å²) in [6.45, 7) is 13.7. The van der Waals surface area contributed by atoms with E-state index in [0.29, 0.717) is 0 Å². The van der Waals surface area contributed by atoms with Crippen LogP contribution in [0.15, 0.2) is 18.2 Å². The van der Waals surface area contributed by atoms with Crippen molar-refractivity contribution < 1.29 is 28.6 Å². The van der Waals surface area contributed by atoms with Crippen LogP contribution in [0.4, 0.5) is 11.4 Å². The van der Waals surface area contributed by atoms with Crippen LogP contribution in [-0.2, 0) is 14.0 Å². The fourth-order valence-corrected chi connectivity index (χ4v) is 4.70. The molecule has 0 unspecified atom stereocenters. The number of nitro benzene ring substituents is 2. The van der Waals surface area contributed by atoms with Gasteiger partial charge in [0.25, 0.3) is 5.69 Å². The van der Waals surface area contributed by atoms with Crippen molar-refractivity contribution in [3.8, 4) is 5.75 Å². The van der Waals surface area contributed by atoms with Gasteiger partial charge in [0.1, 0.15) is 0 Å². The minimum Gasteiger partial charge on any atom is -0.419 e. The lowest BCUT2D eigenvalue weighted by Gasteiger charge is -2.46. The van der Waals surface area contributed by atoms with Gasteiger partial charge < -0.3 is 14.5 Å². The monoisotopic (exact) mass is 467 g/mol. The Morgan fingerprint density at radius 2 is 1.75 bits per heavy atom. The molecule has 0 bridgehead atoms. The van der Waals surface area contributed by atoms with Gasteiger partial charge in [0, 0.05) is 6.07 Å². The number of rotatable bonds is 8. The predicted octanol–water partition coefficient (Wildman–Crippen LogP) is 3.57. The van der Waals surface area contributed by atoms with Crippen LogP contribution in [0.2, 0.25) is 18.1 Å². The van der Waals surface area contributed by atoms with E-state index in [0.717, 1.165) is 18.2 Å². The van der Waals surface area contributed by atoms with E-state index in [4.69, 9.17) is 9.16 Å². The first kappa shape index (κ1) is 25.4. The Kier molecular flexibility index (Phi) is 7.10. The molecule has 1 amide bonds. The molecular formula is C20H29N3O8Si. The summed E-state index contributed by atoms with van der Waals surface area (Å²) in [4.78, 5) is 45.5. The minimum absolute atomic E-state index is 0.0591. The molecule has 0 aromatic heterocycles. The Labute approximate surface area is 186 Å². The van der Waals surface area contributed by atoms with Crippen molar-refractivity contribution in [3.05, 3.63) is 38.4 Å². The van der Waals surface area contributed by atoms with Crippen LogP contribution in [0.5, 0.6) is 5.75 Å². The first-order chi connectivity index (χ1) is 14.6. The summed E-state index contributed by atoms with van der Waals surface area (Å²) in [5, 5.41) is 24.8. The van der Waals surface area contributed by atoms with Crippen molar-refractivity contribution in [1.29, 1.82) is 0 Å². The number of amides is 1. The van der Waals surface area contributed by atoms with Gasteiger partial charge in [0.2, 0.25) is 11.7 Å². The second kappa shape index (κ2) is 8.94. The Morgan fingerprint density at radius 1 is 1.16 bits per heavy atom. The number of benzene rings is 1. The van der Waals surface area contributed by atoms with Crippen LogP contribution in [0, 0.1) is 32.1 Å². The third-order valence-electron chi connectivity index (χ3n) is 6.26. The number of ether oxygens (including phenoxy) is 1. The molecule has 1 N–H and O–H groups in total. The number of hydrogen-bond acceptors (Lipinski definition) is 8. The molecule has 176 valence electrons.